The Bertz CT molecular complexity index is 892. The molecule has 0 aliphatic heterocycles. The van der Waals surface area contributed by atoms with Crippen LogP contribution in [0.15, 0.2) is 59.1 Å². The van der Waals surface area contributed by atoms with Gasteiger partial charge in [0.25, 0.3) is 0 Å². The number of rotatable bonds is 7. The second kappa shape index (κ2) is 8.54. The minimum atomic E-state index is -0.0756. The number of oxazole rings is 1. The van der Waals surface area contributed by atoms with Crippen molar-refractivity contribution in [2.75, 3.05) is 7.11 Å². The summed E-state index contributed by atoms with van der Waals surface area (Å²) in [6.45, 7) is 0.416. The Morgan fingerprint density at radius 2 is 1.96 bits per heavy atom. The van der Waals surface area contributed by atoms with Gasteiger partial charge in [0.15, 0.2) is 11.7 Å². The molecule has 2 aromatic carbocycles. The first kappa shape index (κ1) is 18.0. The molecule has 0 aliphatic rings. The highest BCUT2D eigenvalue weighted by Crippen LogP contribution is 2.28. The second-order valence-corrected chi connectivity index (χ2v) is 6.09. The summed E-state index contributed by atoms with van der Waals surface area (Å²) in [5.41, 5.74) is 1.72. The highest BCUT2D eigenvalue weighted by molar-refractivity contribution is 6.33. The van der Waals surface area contributed by atoms with Crippen LogP contribution in [0, 0.1) is 0 Å². The van der Waals surface area contributed by atoms with Gasteiger partial charge < -0.3 is 14.5 Å². The average Bonchev–Trinajstić information content (AvgIpc) is 3.14. The van der Waals surface area contributed by atoms with Crippen LogP contribution in [0.3, 0.4) is 0 Å². The summed E-state index contributed by atoms with van der Waals surface area (Å²) in [5, 5.41) is 3.48. The Hall–Kier alpha value is -2.79. The molecule has 26 heavy (non-hydrogen) atoms. The summed E-state index contributed by atoms with van der Waals surface area (Å²) < 4.78 is 11.0. The third-order valence-electron chi connectivity index (χ3n) is 3.93. The first-order chi connectivity index (χ1) is 12.7. The summed E-state index contributed by atoms with van der Waals surface area (Å²) in [7, 11) is 1.61. The standard InChI is InChI=1S/C20H19ClN2O3/c1-25-17-9-5-2-6-14(17)12-22-19(24)10-11-20-23-13-18(26-20)15-7-3-4-8-16(15)21/h2-9,13H,10-12H2,1H3,(H,22,24). The molecule has 3 rings (SSSR count). The fourth-order valence-electron chi connectivity index (χ4n) is 2.56. The van der Waals surface area contributed by atoms with Crippen LogP contribution in [0.1, 0.15) is 17.9 Å². The molecule has 0 aliphatic carbocycles. The highest BCUT2D eigenvalue weighted by atomic mass is 35.5. The first-order valence-electron chi connectivity index (χ1n) is 8.25. The van der Waals surface area contributed by atoms with Crippen molar-refractivity contribution in [1.82, 2.24) is 10.3 Å². The maximum atomic E-state index is 12.1. The van der Waals surface area contributed by atoms with Gasteiger partial charge in [0.2, 0.25) is 5.91 Å². The van der Waals surface area contributed by atoms with E-state index in [1.807, 2.05) is 42.5 Å². The lowest BCUT2D eigenvalue weighted by Crippen LogP contribution is -2.23. The zero-order chi connectivity index (χ0) is 18.4. The van der Waals surface area contributed by atoms with E-state index in [1.54, 1.807) is 19.4 Å². The third-order valence-corrected chi connectivity index (χ3v) is 4.26. The van der Waals surface area contributed by atoms with E-state index in [2.05, 4.69) is 10.3 Å². The van der Waals surface area contributed by atoms with Crippen LogP contribution in [-0.4, -0.2) is 18.0 Å². The van der Waals surface area contributed by atoms with Crippen LogP contribution in [-0.2, 0) is 17.8 Å². The van der Waals surface area contributed by atoms with E-state index in [1.165, 1.54) is 0 Å². The minimum Gasteiger partial charge on any atom is -0.496 e. The number of aryl methyl sites for hydroxylation is 1. The SMILES string of the molecule is COc1ccccc1CNC(=O)CCc1ncc(-c2ccccc2Cl)o1. The van der Waals surface area contributed by atoms with Crippen molar-refractivity contribution in [3.63, 3.8) is 0 Å². The van der Waals surface area contributed by atoms with Crippen LogP contribution in [0.4, 0.5) is 0 Å². The number of nitrogens with one attached hydrogen (secondary N) is 1. The number of carbonyl (C=O) groups excluding carboxylic acids is 1. The Morgan fingerprint density at radius 1 is 1.19 bits per heavy atom. The van der Waals surface area contributed by atoms with E-state index in [4.69, 9.17) is 20.8 Å². The molecule has 134 valence electrons. The largest absolute Gasteiger partial charge is 0.496 e. The molecule has 0 saturated heterocycles. The topological polar surface area (TPSA) is 64.4 Å². The van der Waals surface area contributed by atoms with E-state index in [9.17, 15) is 4.79 Å². The van der Waals surface area contributed by atoms with Crippen molar-refractivity contribution < 1.29 is 13.9 Å². The van der Waals surface area contributed by atoms with Crippen LogP contribution in [0.5, 0.6) is 5.75 Å². The van der Waals surface area contributed by atoms with Gasteiger partial charge in [-0.2, -0.15) is 0 Å². The number of ether oxygens (including phenoxy) is 1. The number of amides is 1. The predicted octanol–water partition coefficient (Wildman–Crippen LogP) is 4.25. The molecule has 1 aromatic heterocycles. The van der Waals surface area contributed by atoms with Crippen molar-refractivity contribution in [2.24, 2.45) is 0 Å². The van der Waals surface area contributed by atoms with E-state index in [0.717, 1.165) is 16.9 Å². The molecule has 0 unspecified atom stereocenters. The summed E-state index contributed by atoms with van der Waals surface area (Å²) in [4.78, 5) is 16.3. The molecule has 6 heteroatoms. The lowest BCUT2D eigenvalue weighted by atomic mass is 10.2. The normalized spacial score (nSPS) is 10.5. The minimum absolute atomic E-state index is 0.0756. The Labute approximate surface area is 157 Å². The van der Waals surface area contributed by atoms with E-state index in [0.29, 0.717) is 29.6 Å². The van der Waals surface area contributed by atoms with Gasteiger partial charge in [-0.1, -0.05) is 41.9 Å². The first-order valence-corrected chi connectivity index (χ1v) is 8.63. The molecule has 5 nitrogen and oxygen atoms in total. The third kappa shape index (κ3) is 4.43. The molecule has 1 N–H and O–H groups in total. The molecular weight excluding hydrogens is 352 g/mol. The molecule has 0 radical (unpaired) electrons. The zero-order valence-corrected chi connectivity index (χ0v) is 15.1. The van der Waals surface area contributed by atoms with Crippen LogP contribution >= 0.6 is 11.6 Å². The molecule has 1 amide bonds. The predicted molar refractivity (Wildman–Crippen MR) is 100 cm³/mol. The summed E-state index contributed by atoms with van der Waals surface area (Å²) >= 11 is 6.16. The lowest BCUT2D eigenvalue weighted by Gasteiger charge is -2.09. The van der Waals surface area contributed by atoms with Gasteiger partial charge in [-0.25, -0.2) is 4.98 Å². The number of nitrogens with zero attached hydrogens (tertiary/aromatic N) is 1. The summed E-state index contributed by atoms with van der Waals surface area (Å²) in [5.74, 6) is 1.78. The van der Waals surface area contributed by atoms with Gasteiger partial charge in [-0.05, 0) is 18.2 Å². The molecule has 1 heterocycles. The van der Waals surface area contributed by atoms with Gasteiger partial charge in [0, 0.05) is 30.5 Å². The Kier molecular flexibility index (Phi) is 5.92. The smallest absolute Gasteiger partial charge is 0.220 e. The van der Waals surface area contributed by atoms with Gasteiger partial charge in [-0.3, -0.25) is 4.79 Å². The maximum Gasteiger partial charge on any atom is 0.220 e. The molecule has 0 fully saturated rings. The molecule has 0 atom stereocenters. The number of hydrogen-bond donors (Lipinski definition) is 1. The van der Waals surface area contributed by atoms with E-state index in [-0.39, 0.29) is 12.3 Å². The van der Waals surface area contributed by atoms with Gasteiger partial charge in [0.1, 0.15) is 5.75 Å². The zero-order valence-electron chi connectivity index (χ0n) is 14.4. The van der Waals surface area contributed by atoms with Crippen molar-refractivity contribution in [1.29, 1.82) is 0 Å². The number of carbonyl (C=O) groups is 1. The fourth-order valence-corrected chi connectivity index (χ4v) is 2.79. The van der Waals surface area contributed by atoms with E-state index < -0.39 is 0 Å². The number of benzene rings is 2. The molecule has 3 aromatic rings. The van der Waals surface area contributed by atoms with Crippen LogP contribution in [0.2, 0.25) is 5.02 Å². The number of methoxy groups -OCH3 is 1. The Morgan fingerprint density at radius 3 is 2.77 bits per heavy atom. The molecular formula is C20H19ClN2O3. The molecule has 0 saturated carbocycles. The summed E-state index contributed by atoms with van der Waals surface area (Å²) in [6.07, 6.45) is 2.34. The Balaban J connectivity index is 1.53. The quantitative estimate of drug-likeness (QED) is 0.675. The van der Waals surface area contributed by atoms with E-state index >= 15 is 0 Å². The lowest BCUT2D eigenvalue weighted by molar-refractivity contribution is -0.121. The van der Waals surface area contributed by atoms with Crippen LogP contribution in [0.25, 0.3) is 11.3 Å². The van der Waals surface area contributed by atoms with Crippen LogP contribution < -0.4 is 10.1 Å². The van der Waals surface area contributed by atoms with Crippen molar-refractivity contribution in [3.05, 3.63) is 71.2 Å². The van der Waals surface area contributed by atoms with Gasteiger partial charge in [0.05, 0.1) is 18.3 Å². The fraction of sp³-hybridized carbons (Fsp3) is 0.200. The number of halogens is 1. The number of aromatic nitrogens is 1. The number of hydrogen-bond acceptors (Lipinski definition) is 4. The summed E-state index contributed by atoms with van der Waals surface area (Å²) in [6, 6.07) is 15.0. The number of para-hydroxylation sites is 1. The second-order valence-electron chi connectivity index (χ2n) is 5.69. The highest BCUT2D eigenvalue weighted by Gasteiger charge is 2.11. The average molecular weight is 371 g/mol. The molecule has 0 bridgehead atoms. The molecule has 0 spiro atoms. The van der Waals surface area contributed by atoms with Crippen molar-refractivity contribution >= 4 is 17.5 Å². The van der Waals surface area contributed by atoms with Gasteiger partial charge in [-0.15, -0.1) is 0 Å². The van der Waals surface area contributed by atoms with Crippen molar-refractivity contribution in [2.45, 2.75) is 19.4 Å². The van der Waals surface area contributed by atoms with Crippen molar-refractivity contribution in [3.8, 4) is 17.1 Å². The monoisotopic (exact) mass is 370 g/mol. The maximum absolute atomic E-state index is 12.1. The van der Waals surface area contributed by atoms with Gasteiger partial charge >= 0.3 is 0 Å².